The van der Waals surface area contributed by atoms with E-state index in [1.54, 1.807) is 0 Å². The smallest absolute Gasteiger partial charge is 0.143 e. The van der Waals surface area contributed by atoms with Crippen molar-refractivity contribution in [2.75, 3.05) is 0 Å². The van der Waals surface area contributed by atoms with E-state index < -0.39 is 0 Å². The Kier molecular flexibility index (Phi) is 9.08. The monoisotopic (exact) mass is 864 g/mol. The Labute approximate surface area is 322 Å². The van der Waals surface area contributed by atoms with Crippen molar-refractivity contribution in [2.24, 2.45) is 0 Å². The van der Waals surface area contributed by atoms with Gasteiger partial charge in [-0.1, -0.05) is 132 Å². The summed E-state index contributed by atoms with van der Waals surface area (Å²) in [5, 5.41) is 13.2. The third-order valence-corrected chi connectivity index (χ3v) is 9.67. The number of aromatic hydroxyl groups is 1. The van der Waals surface area contributed by atoms with Crippen molar-refractivity contribution in [1.29, 1.82) is 0 Å². The van der Waals surface area contributed by atoms with Crippen molar-refractivity contribution in [3.63, 3.8) is 0 Å². The number of fused-ring (bicyclic) bond motifs is 3. The van der Waals surface area contributed by atoms with Crippen molar-refractivity contribution >= 4 is 21.9 Å². The van der Waals surface area contributed by atoms with Crippen LogP contribution >= 0.6 is 0 Å². The van der Waals surface area contributed by atoms with Gasteiger partial charge in [-0.25, -0.2) is 0 Å². The first-order valence-corrected chi connectivity index (χ1v) is 17.4. The molecule has 0 amide bonds. The number of nitrogens with zero attached hydrogens (tertiary/aromatic N) is 2. The molecule has 1 N–H and O–H groups in total. The second-order valence-corrected chi connectivity index (χ2v) is 13.2. The standard InChI is InChI=1S/C48H33N2O2.Pt/c1-30-13-9-24-42(46(30)51)45-28-36(32-14-5-3-6-15-32)27-44(50-45)35-19-10-18-34(26-35)43-29-37(25-31(2)49-43)39-21-12-23-41-40-22-11-20-38(47(40)52-48(39)41)33-16-7-4-8-17-33;/h3-25,27-29,51H,1-2H3;/q-1;. The summed E-state index contributed by atoms with van der Waals surface area (Å²) in [5.74, 6) is 0.233. The van der Waals surface area contributed by atoms with E-state index in [1.807, 2.05) is 80.6 Å². The third kappa shape index (κ3) is 6.37. The minimum Gasteiger partial charge on any atom is -0.507 e. The fraction of sp³-hybridized carbons (Fsp3) is 0.0417. The number of phenols is 1. The van der Waals surface area contributed by atoms with Crippen LogP contribution < -0.4 is 0 Å². The van der Waals surface area contributed by atoms with E-state index in [0.29, 0.717) is 11.3 Å². The molecule has 258 valence electrons. The molecule has 0 bridgehead atoms. The van der Waals surface area contributed by atoms with Crippen molar-refractivity contribution in [3.05, 3.63) is 175 Å². The van der Waals surface area contributed by atoms with E-state index in [2.05, 4.69) is 97.1 Å². The molecule has 3 aromatic heterocycles. The van der Waals surface area contributed by atoms with E-state index in [0.717, 1.165) is 89.1 Å². The Morgan fingerprint density at radius 2 is 1.00 bits per heavy atom. The Bertz CT molecular complexity index is 2770. The van der Waals surface area contributed by atoms with Crippen LogP contribution in [0.5, 0.6) is 5.75 Å². The zero-order valence-corrected chi connectivity index (χ0v) is 31.3. The van der Waals surface area contributed by atoms with Crippen LogP contribution in [-0.4, -0.2) is 15.1 Å². The number of hydrogen-bond donors (Lipinski definition) is 1. The number of pyridine rings is 2. The quantitative estimate of drug-likeness (QED) is 0.169. The van der Waals surface area contributed by atoms with Gasteiger partial charge in [0.1, 0.15) is 16.9 Å². The first-order valence-electron chi connectivity index (χ1n) is 17.4. The van der Waals surface area contributed by atoms with Gasteiger partial charge in [0.15, 0.2) is 0 Å². The predicted octanol–water partition coefficient (Wildman–Crippen LogP) is 12.5. The number of aryl methyl sites for hydroxylation is 2. The minimum absolute atomic E-state index is 0. The van der Waals surface area contributed by atoms with Gasteiger partial charge in [0, 0.05) is 65.6 Å². The zero-order chi connectivity index (χ0) is 35.2. The Morgan fingerprint density at radius 1 is 0.472 bits per heavy atom. The summed E-state index contributed by atoms with van der Waals surface area (Å²) in [6, 6.07) is 57.1. The number of benzene rings is 6. The van der Waals surface area contributed by atoms with E-state index in [1.165, 1.54) is 0 Å². The molecule has 53 heavy (non-hydrogen) atoms. The summed E-state index contributed by atoms with van der Waals surface area (Å²) in [6.07, 6.45) is 0. The van der Waals surface area contributed by atoms with Gasteiger partial charge in [0.25, 0.3) is 0 Å². The molecule has 0 atom stereocenters. The van der Waals surface area contributed by atoms with Crippen LogP contribution in [0.4, 0.5) is 0 Å². The van der Waals surface area contributed by atoms with Gasteiger partial charge in [-0.05, 0) is 59.9 Å². The molecule has 4 nitrogen and oxygen atoms in total. The number of phenolic OH excluding ortho intramolecular Hbond substituents is 1. The molecular formula is C48H33N2O2Pt-. The fourth-order valence-corrected chi connectivity index (χ4v) is 7.09. The second kappa shape index (κ2) is 14.1. The molecule has 5 heteroatoms. The van der Waals surface area contributed by atoms with E-state index in [9.17, 15) is 5.11 Å². The molecule has 9 aromatic rings. The van der Waals surface area contributed by atoms with Crippen LogP contribution in [-0.2, 0) is 21.1 Å². The Balaban J connectivity index is 0.00000400. The summed E-state index contributed by atoms with van der Waals surface area (Å²) >= 11 is 0. The number of aromatic nitrogens is 2. The van der Waals surface area contributed by atoms with Gasteiger partial charge in [0.2, 0.25) is 0 Å². The number of hydrogen-bond acceptors (Lipinski definition) is 4. The zero-order valence-electron chi connectivity index (χ0n) is 29.1. The van der Waals surface area contributed by atoms with Crippen LogP contribution in [0.3, 0.4) is 0 Å². The summed E-state index contributed by atoms with van der Waals surface area (Å²) in [6.45, 7) is 3.92. The predicted molar refractivity (Wildman–Crippen MR) is 212 cm³/mol. The van der Waals surface area contributed by atoms with Crippen molar-refractivity contribution in [1.82, 2.24) is 9.97 Å². The van der Waals surface area contributed by atoms with E-state index >= 15 is 0 Å². The van der Waals surface area contributed by atoms with Gasteiger partial charge in [-0.3, -0.25) is 9.97 Å². The maximum atomic E-state index is 11.0. The summed E-state index contributed by atoms with van der Waals surface area (Å²) < 4.78 is 6.74. The molecule has 9 rings (SSSR count). The SMILES string of the molecule is Cc1cc(-c2cccc3c2oc2c(-c4ccccc4)cccc23)cc(-c2[c-]c(-c3cc(-c4ccccc4)cc(-c4cccc(C)c4O)n3)ccc2)n1.[Pt]. The number of furan rings is 1. The van der Waals surface area contributed by atoms with Crippen molar-refractivity contribution in [2.45, 2.75) is 13.8 Å². The van der Waals surface area contributed by atoms with E-state index in [4.69, 9.17) is 14.4 Å². The molecule has 3 heterocycles. The first-order chi connectivity index (χ1) is 25.5. The average molecular weight is 865 g/mol. The molecule has 0 saturated heterocycles. The van der Waals surface area contributed by atoms with Crippen molar-refractivity contribution in [3.8, 4) is 72.9 Å². The summed E-state index contributed by atoms with van der Waals surface area (Å²) in [5.41, 5.74) is 14.4. The fourth-order valence-electron chi connectivity index (χ4n) is 7.09. The normalized spacial score (nSPS) is 11.1. The molecule has 6 aromatic carbocycles. The van der Waals surface area contributed by atoms with Crippen LogP contribution in [0.25, 0.3) is 89.1 Å². The maximum Gasteiger partial charge on any atom is 0.143 e. The molecule has 0 unspecified atom stereocenters. The third-order valence-electron chi connectivity index (χ3n) is 9.67. The molecule has 0 spiro atoms. The van der Waals surface area contributed by atoms with Crippen molar-refractivity contribution < 1.29 is 30.6 Å². The van der Waals surface area contributed by atoms with Gasteiger partial charge in [-0.15, -0.1) is 24.3 Å². The molecule has 0 aliphatic carbocycles. The van der Waals surface area contributed by atoms with Crippen LogP contribution in [0.1, 0.15) is 11.3 Å². The van der Waals surface area contributed by atoms with Gasteiger partial charge < -0.3 is 9.52 Å². The molecule has 0 fully saturated rings. The summed E-state index contributed by atoms with van der Waals surface area (Å²) in [4.78, 5) is 10.1. The molecule has 0 saturated carbocycles. The van der Waals surface area contributed by atoms with Crippen LogP contribution in [0.15, 0.2) is 162 Å². The van der Waals surface area contributed by atoms with Crippen LogP contribution in [0, 0.1) is 19.9 Å². The van der Waals surface area contributed by atoms with Gasteiger partial charge >= 0.3 is 0 Å². The van der Waals surface area contributed by atoms with E-state index in [-0.39, 0.29) is 26.8 Å². The van der Waals surface area contributed by atoms with Gasteiger partial charge in [-0.2, -0.15) is 0 Å². The topological polar surface area (TPSA) is 59.2 Å². The van der Waals surface area contributed by atoms with Crippen LogP contribution in [0.2, 0.25) is 0 Å². The maximum absolute atomic E-state index is 11.0. The molecule has 0 radical (unpaired) electrons. The minimum atomic E-state index is 0. The average Bonchev–Trinajstić information content (AvgIpc) is 3.58. The largest absolute Gasteiger partial charge is 0.507 e. The molecular weight excluding hydrogens is 832 g/mol. The summed E-state index contributed by atoms with van der Waals surface area (Å²) in [7, 11) is 0. The Hall–Kier alpha value is -6.09. The Morgan fingerprint density at radius 3 is 1.68 bits per heavy atom. The first kappa shape index (κ1) is 34.0. The molecule has 0 aliphatic heterocycles. The molecule has 0 aliphatic rings. The second-order valence-electron chi connectivity index (χ2n) is 13.2. The van der Waals surface area contributed by atoms with Gasteiger partial charge in [0.05, 0.1) is 5.69 Å². The number of para-hydroxylation sites is 3. The number of rotatable bonds is 6.